The van der Waals surface area contributed by atoms with E-state index in [0.29, 0.717) is 31.5 Å². The van der Waals surface area contributed by atoms with Crippen LogP contribution in [0.3, 0.4) is 0 Å². The van der Waals surface area contributed by atoms with Crippen molar-refractivity contribution >= 4 is 23.8 Å². The molecule has 6 heterocycles. The van der Waals surface area contributed by atoms with Gasteiger partial charge >= 0.3 is 18.0 Å². The minimum absolute atomic E-state index is 0.117. The monoisotopic (exact) mass is 933 g/mol. The minimum atomic E-state index is -1.44. The van der Waals surface area contributed by atoms with E-state index in [4.69, 9.17) is 28.4 Å². The molecule has 3 aromatic rings. The number of hydrogen-bond donors (Lipinski definition) is 1. The Hall–Kier alpha value is -4.81. The number of aliphatic hydroxyl groups is 1. The van der Waals surface area contributed by atoms with Crippen LogP contribution in [0.4, 0.5) is 4.79 Å². The quantitative estimate of drug-likeness (QED) is 0.114. The Morgan fingerprint density at radius 3 is 2.39 bits per heavy atom. The van der Waals surface area contributed by atoms with E-state index in [1.807, 2.05) is 69.6 Å². The van der Waals surface area contributed by atoms with Crippen molar-refractivity contribution in [1.82, 2.24) is 29.3 Å². The molecule has 3 aliphatic rings. The standard InChI is InChI=1S/C50H72N6O11/c1-12-39-50(8)44(56(48(61)67-50)23-16-15-22-55-28-37(53-29-55)35-18-17-20-51-27-35)32(4)41(58)30(2)26-49(7,62-11)45(66-47-42(59)38(54(9)10)24-31(3)63-47)33(5)43(34(6)46(60)64-39)65-40(57)25-36-19-13-14-21-52-36/h13-14,17-21,27-34,38-39,42-45,47,59H,12,15-16,22-26H2,1-11H3/t30-,31-,32-,33+,34-,38+,39+,42-,43-,44-,45-,47+,49+,50-/m1/s1. The Bertz CT molecular complexity index is 2130. The number of hydrogen-bond acceptors (Lipinski definition) is 15. The van der Waals surface area contributed by atoms with Crippen molar-refractivity contribution < 1.29 is 52.7 Å². The van der Waals surface area contributed by atoms with Gasteiger partial charge in [-0.25, -0.2) is 9.78 Å². The van der Waals surface area contributed by atoms with Crippen LogP contribution in [0.2, 0.25) is 0 Å². The minimum Gasteiger partial charge on any atom is -0.461 e. The van der Waals surface area contributed by atoms with Gasteiger partial charge in [0.15, 0.2) is 11.9 Å². The van der Waals surface area contributed by atoms with E-state index in [1.54, 1.807) is 75.7 Å². The van der Waals surface area contributed by atoms with Crippen molar-refractivity contribution in [3.05, 3.63) is 67.1 Å². The average Bonchev–Trinajstić information content (AvgIpc) is 3.89. The van der Waals surface area contributed by atoms with Gasteiger partial charge < -0.3 is 47.9 Å². The maximum atomic E-state index is 15.0. The largest absolute Gasteiger partial charge is 0.461 e. The summed E-state index contributed by atoms with van der Waals surface area (Å²) in [7, 11) is 5.28. The molecule has 67 heavy (non-hydrogen) atoms. The number of methoxy groups -OCH3 is 1. The first-order chi connectivity index (χ1) is 31.8. The Morgan fingerprint density at radius 2 is 1.73 bits per heavy atom. The second-order valence-corrected chi connectivity index (χ2v) is 19.5. The van der Waals surface area contributed by atoms with E-state index in [1.165, 1.54) is 7.11 Å². The number of unbranched alkanes of at least 4 members (excludes halogenated alkanes) is 1. The fourth-order valence-electron chi connectivity index (χ4n) is 10.6. The fourth-order valence-corrected chi connectivity index (χ4v) is 10.6. The number of fused-ring (bicyclic) bond motifs is 1. The summed E-state index contributed by atoms with van der Waals surface area (Å²) in [4.78, 5) is 74.3. The molecular formula is C50H72N6O11. The first-order valence-corrected chi connectivity index (χ1v) is 23.8. The number of esters is 2. The van der Waals surface area contributed by atoms with Gasteiger partial charge in [-0.2, -0.15) is 0 Å². The zero-order valence-electron chi connectivity index (χ0n) is 41.1. The second kappa shape index (κ2) is 22.1. The van der Waals surface area contributed by atoms with Gasteiger partial charge in [-0.3, -0.25) is 24.4 Å². The van der Waals surface area contributed by atoms with Crippen molar-refractivity contribution in [2.75, 3.05) is 27.7 Å². The second-order valence-electron chi connectivity index (χ2n) is 19.5. The Kier molecular flexibility index (Phi) is 17.0. The number of pyridine rings is 2. The van der Waals surface area contributed by atoms with Crippen LogP contribution in [0.25, 0.3) is 11.3 Å². The smallest absolute Gasteiger partial charge is 0.410 e. The molecule has 0 bridgehead atoms. The molecule has 0 radical (unpaired) electrons. The number of aryl methyl sites for hydroxylation is 1. The summed E-state index contributed by atoms with van der Waals surface area (Å²) in [5.41, 5.74) is -0.547. The lowest BCUT2D eigenvalue weighted by Crippen LogP contribution is -2.61. The van der Waals surface area contributed by atoms with Crippen molar-refractivity contribution in [2.24, 2.45) is 23.7 Å². The molecule has 1 amide bonds. The van der Waals surface area contributed by atoms with Crippen LogP contribution in [0.1, 0.15) is 93.2 Å². The van der Waals surface area contributed by atoms with Crippen molar-refractivity contribution in [1.29, 1.82) is 0 Å². The average molecular weight is 933 g/mol. The van der Waals surface area contributed by atoms with Crippen molar-refractivity contribution in [2.45, 2.75) is 161 Å². The molecule has 3 aliphatic heterocycles. The lowest BCUT2D eigenvalue weighted by molar-refractivity contribution is -0.301. The molecule has 17 heteroatoms. The summed E-state index contributed by atoms with van der Waals surface area (Å²) in [5.74, 6) is -4.86. The maximum Gasteiger partial charge on any atom is 0.410 e. The van der Waals surface area contributed by atoms with Crippen LogP contribution in [0.15, 0.2) is 61.4 Å². The number of amides is 1. The first-order valence-electron chi connectivity index (χ1n) is 23.8. The molecule has 0 saturated carbocycles. The van der Waals surface area contributed by atoms with E-state index in [0.717, 1.165) is 11.3 Å². The number of aromatic nitrogens is 4. The first kappa shape index (κ1) is 51.6. The van der Waals surface area contributed by atoms with Crippen LogP contribution in [0, 0.1) is 23.7 Å². The normalized spacial score (nSPS) is 34.3. The van der Waals surface area contributed by atoms with E-state index in [9.17, 15) is 19.5 Å². The van der Waals surface area contributed by atoms with Crippen LogP contribution < -0.4 is 0 Å². The van der Waals surface area contributed by atoms with Gasteiger partial charge in [-0.1, -0.05) is 33.8 Å². The molecule has 3 aromatic heterocycles. The Labute approximate surface area is 395 Å². The molecule has 0 unspecified atom stereocenters. The zero-order chi connectivity index (χ0) is 48.8. The third-order valence-electron chi connectivity index (χ3n) is 14.3. The Balaban J connectivity index is 1.34. The third-order valence-corrected chi connectivity index (χ3v) is 14.3. The lowest BCUT2D eigenvalue weighted by Gasteiger charge is -2.48. The molecule has 1 N–H and O–H groups in total. The molecule has 17 nitrogen and oxygen atoms in total. The molecule has 368 valence electrons. The van der Waals surface area contributed by atoms with Gasteiger partial charge in [0.25, 0.3) is 0 Å². The molecule has 0 aliphatic carbocycles. The number of likely N-dealkylation sites (N-methyl/N-ethyl adjacent to an activating group) is 1. The zero-order valence-corrected chi connectivity index (χ0v) is 41.1. The third kappa shape index (κ3) is 11.6. The van der Waals surface area contributed by atoms with E-state index in [2.05, 4.69) is 15.0 Å². The highest BCUT2D eigenvalue weighted by atomic mass is 16.7. The highest BCUT2D eigenvalue weighted by molar-refractivity contribution is 5.85. The summed E-state index contributed by atoms with van der Waals surface area (Å²) in [6.45, 7) is 15.3. The van der Waals surface area contributed by atoms with Gasteiger partial charge in [-0.05, 0) is 98.2 Å². The van der Waals surface area contributed by atoms with E-state index >= 15 is 4.79 Å². The number of cyclic esters (lactones) is 1. The van der Waals surface area contributed by atoms with Crippen LogP contribution >= 0.6 is 0 Å². The summed E-state index contributed by atoms with van der Waals surface area (Å²) in [5, 5.41) is 11.7. The molecule has 0 aromatic carbocycles. The lowest BCUT2D eigenvalue weighted by atomic mass is 9.73. The molecule has 0 spiro atoms. The number of ether oxygens (including phenoxy) is 6. The van der Waals surface area contributed by atoms with Gasteiger partial charge in [-0.15, -0.1) is 0 Å². The van der Waals surface area contributed by atoms with Crippen molar-refractivity contribution in [3.8, 4) is 11.3 Å². The highest BCUT2D eigenvalue weighted by Crippen LogP contribution is 2.44. The summed E-state index contributed by atoms with van der Waals surface area (Å²) >= 11 is 0. The number of carbonyl (C=O) groups excluding carboxylic acids is 4. The summed E-state index contributed by atoms with van der Waals surface area (Å²) in [6.07, 6.45) is 4.48. The van der Waals surface area contributed by atoms with Gasteiger partial charge in [0, 0.05) is 74.3 Å². The number of rotatable bonds is 14. The number of Topliss-reactive ketones (excluding diaryl/α,β-unsaturated/α-hetero) is 1. The molecule has 3 saturated heterocycles. The molecule has 6 rings (SSSR count). The van der Waals surface area contributed by atoms with Gasteiger partial charge in [0.2, 0.25) is 0 Å². The van der Waals surface area contributed by atoms with Crippen LogP contribution in [0.5, 0.6) is 0 Å². The molecule has 3 fully saturated rings. The van der Waals surface area contributed by atoms with E-state index < -0.39 is 89.7 Å². The van der Waals surface area contributed by atoms with Gasteiger partial charge in [0.05, 0.1) is 53.9 Å². The van der Waals surface area contributed by atoms with Gasteiger partial charge in [0.1, 0.15) is 24.1 Å². The molecular weight excluding hydrogens is 861 g/mol. The fraction of sp³-hybridized carbons (Fsp3) is 0.660. The summed E-state index contributed by atoms with van der Waals surface area (Å²) < 4.78 is 40.6. The number of nitrogens with zero attached hydrogens (tertiary/aromatic N) is 6. The SMILES string of the molecule is CC[C@@H]1OC(=O)[C@H](C)[C@H](OC(=O)Cc2ccccn2)[C@H](C)[C@@H](O[C@@H]2O[C@H](C)C[C@H](N(C)C)[C@H]2O)[C@@](C)(OC)C[C@@H](C)C(=O)[C@@H](C)[C@H]2N(CCCCn3cnc(-c4cccnc4)c3)C(=O)O[C@]12C. The Morgan fingerprint density at radius 1 is 0.985 bits per heavy atom. The molecule has 14 atom stereocenters. The topological polar surface area (TPSA) is 194 Å². The number of ketones is 1. The van der Waals surface area contributed by atoms with E-state index in [-0.39, 0.29) is 43.7 Å². The number of imidazole rings is 1. The highest BCUT2D eigenvalue weighted by Gasteiger charge is 2.60. The number of aliphatic hydroxyl groups excluding tert-OH is 1. The van der Waals surface area contributed by atoms with Crippen LogP contribution in [-0.4, -0.2) is 146 Å². The number of carbonyl (C=O) groups is 4. The van der Waals surface area contributed by atoms with Crippen LogP contribution in [-0.2, 0) is 55.8 Å². The summed E-state index contributed by atoms with van der Waals surface area (Å²) in [6, 6.07) is 7.91. The predicted octanol–water partition coefficient (Wildman–Crippen LogP) is 5.91. The maximum absolute atomic E-state index is 15.0. The predicted molar refractivity (Wildman–Crippen MR) is 247 cm³/mol. The van der Waals surface area contributed by atoms with Crippen molar-refractivity contribution in [3.63, 3.8) is 0 Å².